The van der Waals surface area contributed by atoms with Gasteiger partial charge in [0.15, 0.2) is 0 Å². The molecule has 0 aliphatic heterocycles. The van der Waals surface area contributed by atoms with Gasteiger partial charge in [0.25, 0.3) is 0 Å². The molecule has 1 aromatic rings. The molecule has 20 heavy (non-hydrogen) atoms. The van der Waals surface area contributed by atoms with E-state index in [9.17, 15) is 4.79 Å². The number of nitrogens with one attached hydrogen (secondary N) is 2. The van der Waals surface area contributed by atoms with Crippen LogP contribution < -0.4 is 10.6 Å². The number of rotatable bonds is 7. The number of hydrogen-bond acceptors (Lipinski definition) is 2. The van der Waals surface area contributed by atoms with Gasteiger partial charge in [0, 0.05) is 18.4 Å². The number of aryl methyl sites for hydroxylation is 1. The summed E-state index contributed by atoms with van der Waals surface area (Å²) in [5.41, 5.74) is 2.49. The minimum absolute atomic E-state index is 0. The number of hydrogen-bond donors (Lipinski definition) is 2. The topological polar surface area (TPSA) is 41.1 Å². The summed E-state index contributed by atoms with van der Waals surface area (Å²) in [6.07, 6.45) is 1.47. The standard InChI is InChI=1S/C16H26N2O.ClH/c1-13-7-5-8-14(11-13)16(2,3)12-18-15(19)9-6-10-17-4;/h5,7-8,11,17H,6,9-10,12H2,1-4H3,(H,18,19);1H. The number of halogens is 1. The highest BCUT2D eigenvalue weighted by atomic mass is 35.5. The van der Waals surface area contributed by atoms with E-state index in [1.165, 1.54) is 11.1 Å². The molecule has 0 atom stereocenters. The first-order valence-corrected chi connectivity index (χ1v) is 6.94. The van der Waals surface area contributed by atoms with Crippen LogP contribution in [-0.2, 0) is 10.2 Å². The van der Waals surface area contributed by atoms with Crippen molar-refractivity contribution in [2.24, 2.45) is 0 Å². The Morgan fingerprint density at radius 3 is 2.60 bits per heavy atom. The maximum Gasteiger partial charge on any atom is 0.220 e. The summed E-state index contributed by atoms with van der Waals surface area (Å²) in [6, 6.07) is 8.48. The van der Waals surface area contributed by atoms with Gasteiger partial charge in [-0.1, -0.05) is 43.7 Å². The van der Waals surface area contributed by atoms with Crippen molar-refractivity contribution in [3.63, 3.8) is 0 Å². The molecule has 0 unspecified atom stereocenters. The maximum absolute atomic E-state index is 11.7. The summed E-state index contributed by atoms with van der Waals surface area (Å²) in [6.45, 7) is 7.98. The Kier molecular flexibility index (Phi) is 8.51. The predicted octanol–water partition coefficient (Wildman–Crippen LogP) is 2.81. The van der Waals surface area contributed by atoms with Crippen LogP contribution in [-0.4, -0.2) is 26.0 Å². The van der Waals surface area contributed by atoms with Gasteiger partial charge in [0.2, 0.25) is 5.91 Å². The molecule has 3 nitrogen and oxygen atoms in total. The van der Waals surface area contributed by atoms with Gasteiger partial charge in [-0.15, -0.1) is 12.4 Å². The molecule has 0 fully saturated rings. The summed E-state index contributed by atoms with van der Waals surface area (Å²) >= 11 is 0. The highest BCUT2D eigenvalue weighted by Gasteiger charge is 2.21. The second-order valence-electron chi connectivity index (χ2n) is 5.74. The van der Waals surface area contributed by atoms with E-state index in [-0.39, 0.29) is 23.7 Å². The molecule has 4 heteroatoms. The molecule has 0 aliphatic rings. The molecule has 0 spiro atoms. The smallest absolute Gasteiger partial charge is 0.220 e. The van der Waals surface area contributed by atoms with Crippen LogP contribution in [0, 0.1) is 6.92 Å². The molecule has 0 saturated heterocycles. The van der Waals surface area contributed by atoms with Crippen molar-refractivity contribution in [3.05, 3.63) is 35.4 Å². The molecule has 1 rings (SSSR count). The van der Waals surface area contributed by atoms with Gasteiger partial charge < -0.3 is 10.6 Å². The summed E-state index contributed by atoms with van der Waals surface area (Å²) in [7, 11) is 1.90. The average molecular weight is 299 g/mol. The lowest BCUT2D eigenvalue weighted by Gasteiger charge is -2.26. The lowest BCUT2D eigenvalue weighted by molar-refractivity contribution is -0.121. The third-order valence-electron chi connectivity index (χ3n) is 3.36. The van der Waals surface area contributed by atoms with E-state index in [1.807, 2.05) is 7.05 Å². The summed E-state index contributed by atoms with van der Waals surface area (Å²) in [5, 5.41) is 6.08. The summed E-state index contributed by atoms with van der Waals surface area (Å²) in [5.74, 6) is 0.135. The van der Waals surface area contributed by atoms with Crippen molar-refractivity contribution in [1.29, 1.82) is 0 Å². The Hall–Kier alpha value is -1.06. The molecule has 0 aromatic heterocycles. The van der Waals surface area contributed by atoms with Crippen LogP contribution in [0.4, 0.5) is 0 Å². The SMILES string of the molecule is CNCCCC(=O)NCC(C)(C)c1cccc(C)c1.Cl. The summed E-state index contributed by atoms with van der Waals surface area (Å²) < 4.78 is 0. The van der Waals surface area contributed by atoms with Crippen molar-refractivity contribution in [1.82, 2.24) is 10.6 Å². The van der Waals surface area contributed by atoms with Crippen molar-refractivity contribution in [3.8, 4) is 0 Å². The van der Waals surface area contributed by atoms with E-state index in [0.29, 0.717) is 13.0 Å². The van der Waals surface area contributed by atoms with E-state index >= 15 is 0 Å². The third kappa shape index (κ3) is 6.40. The largest absolute Gasteiger partial charge is 0.355 e. The molecule has 0 bridgehead atoms. The molecule has 0 radical (unpaired) electrons. The molecule has 1 amide bonds. The monoisotopic (exact) mass is 298 g/mol. The van der Waals surface area contributed by atoms with E-state index in [0.717, 1.165) is 13.0 Å². The van der Waals surface area contributed by atoms with Crippen LogP contribution in [0.1, 0.15) is 37.8 Å². The number of benzene rings is 1. The lowest BCUT2D eigenvalue weighted by Crippen LogP contribution is -2.36. The van der Waals surface area contributed by atoms with Crippen LogP contribution in [0.25, 0.3) is 0 Å². The average Bonchev–Trinajstić information content (AvgIpc) is 2.37. The van der Waals surface area contributed by atoms with Gasteiger partial charge in [-0.25, -0.2) is 0 Å². The minimum atomic E-state index is -0.0370. The van der Waals surface area contributed by atoms with Crippen molar-refractivity contribution in [2.75, 3.05) is 20.1 Å². The molecule has 2 N–H and O–H groups in total. The Bertz CT molecular complexity index is 419. The third-order valence-corrected chi connectivity index (χ3v) is 3.36. The van der Waals surface area contributed by atoms with Crippen LogP contribution in [0.15, 0.2) is 24.3 Å². The lowest BCUT2D eigenvalue weighted by atomic mass is 9.84. The molecule has 0 aliphatic carbocycles. The minimum Gasteiger partial charge on any atom is -0.355 e. The fourth-order valence-electron chi connectivity index (χ4n) is 2.00. The van der Waals surface area contributed by atoms with Crippen LogP contribution in [0.5, 0.6) is 0 Å². The maximum atomic E-state index is 11.7. The molecule has 1 aromatic carbocycles. The zero-order valence-corrected chi connectivity index (χ0v) is 13.8. The number of amides is 1. The van der Waals surface area contributed by atoms with E-state index < -0.39 is 0 Å². The van der Waals surface area contributed by atoms with Gasteiger partial charge in [-0.05, 0) is 32.5 Å². The quantitative estimate of drug-likeness (QED) is 0.760. The molecular formula is C16H27ClN2O. The van der Waals surface area contributed by atoms with Crippen molar-refractivity contribution < 1.29 is 4.79 Å². The Labute approximate surface area is 128 Å². The fourth-order valence-corrected chi connectivity index (χ4v) is 2.00. The molecule has 0 saturated carbocycles. The first-order valence-electron chi connectivity index (χ1n) is 6.94. The van der Waals surface area contributed by atoms with Gasteiger partial charge in [0.1, 0.15) is 0 Å². The molecule has 0 heterocycles. The van der Waals surface area contributed by atoms with Gasteiger partial charge in [-0.3, -0.25) is 4.79 Å². The first kappa shape index (κ1) is 18.9. The second-order valence-corrected chi connectivity index (χ2v) is 5.74. The zero-order valence-electron chi connectivity index (χ0n) is 13.0. The number of carbonyl (C=O) groups is 1. The van der Waals surface area contributed by atoms with Crippen molar-refractivity contribution in [2.45, 2.75) is 39.0 Å². The van der Waals surface area contributed by atoms with Crippen LogP contribution in [0.2, 0.25) is 0 Å². The highest BCUT2D eigenvalue weighted by Crippen LogP contribution is 2.23. The van der Waals surface area contributed by atoms with E-state index in [2.05, 4.69) is 55.7 Å². The van der Waals surface area contributed by atoms with Gasteiger partial charge in [-0.2, -0.15) is 0 Å². The van der Waals surface area contributed by atoms with Crippen molar-refractivity contribution >= 4 is 18.3 Å². The van der Waals surface area contributed by atoms with Gasteiger partial charge >= 0.3 is 0 Å². The Morgan fingerprint density at radius 2 is 2.00 bits per heavy atom. The van der Waals surface area contributed by atoms with E-state index in [1.54, 1.807) is 0 Å². The highest BCUT2D eigenvalue weighted by molar-refractivity contribution is 5.85. The second kappa shape index (κ2) is 8.98. The molecular weight excluding hydrogens is 272 g/mol. The molecule has 114 valence electrons. The van der Waals surface area contributed by atoms with Crippen LogP contribution in [0.3, 0.4) is 0 Å². The summed E-state index contributed by atoms with van der Waals surface area (Å²) in [4.78, 5) is 11.7. The Balaban J connectivity index is 0.00000361. The zero-order chi connectivity index (χ0) is 14.3. The van der Waals surface area contributed by atoms with Crippen LogP contribution >= 0.6 is 12.4 Å². The number of carbonyl (C=O) groups excluding carboxylic acids is 1. The van der Waals surface area contributed by atoms with E-state index in [4.69, 9.17) is 0 Å². The first-order chi connectivity index (χ1) is 8.95. The predicted molar refractivity (Wildman–Crippen MR) is 87.6 cm³/mol. The fraction of sp³-hybridized carbons (Fsp3) is 0.562. The van der Waals surface area contributed by atoms with Gasteiger partial charge in [0.05, 0.1) is 0 Å². The normalized spacial score (nSPS) is 10.8. The Morgan fingerprint density at radius 1 is 1.30 bits per heavy atom.